The lowest BCUT2D eigenvalue weighted by molar-refractivity contribution is -0.131. The van der Waals surface area contributed by atoms with Gasteiger partial charge in [-0.3, -0.25) is 4.79 Å². The predicted molar refractivity (Wildman–Crippen MR) is 72.5 cm³/mol. The Hall–Kier alpha value is -1.55. The summed E-state index contributed by atoms with van der Waals surface area (Å²) in [5.74, 6) is 1.01. The Kier molecular flexibility index (Phi) is 4.20. The Morgan fingerprint density at radius 1 is 1.44 bits per heavy atom. The Labute approximate surface area is 111 Å². The monoisotopic (exact) mass is 263 g/mol. The molecule has 2 rings (SSSR count). The van der Waals surface area contributed by atoms with Crippen LogP contribution in [0.15, 0.2) is 40.3 Å². The number of hydrogen-bond acceptors (Lipinski definition) is 3. The van der Waals surface area contributed by atoms with Crippen LogP contribution in [0.4, 0.5) is 0 Å². The number of furan rings is 1. The predicted octanol–water partition coefficient (Wildman–Crippen LogP) is 3.49. The van der Waals surface area contributed by atoms with Gasteiger partial charge in [0.25, 0.3) is 0 Å². The molecule has 0 saturated heterocycles. The molecule has 0 N–H and O–H groups in total. The molecule has 0 bridgehead atoms. The van der Waals surface area contributed by atoms with Crippen molar-refractivity contribution in [3.63, 3.8) is 0 Å². The second kappa shape index (κ2) is 5.87. The Bertz CT molecular complexity index is 476. The van der Waals surface area contributed by atoms with Crippen molar-refractivity contribution in [3.05, 3.63) is 46.5 Å². The van der Waals surface area contributed by atoms with Crippen LogP contribution in [-0.2, 0) is 11.2 Å². The van der Waals surface area contributed by atoms with Gasteiger partial charge in [0.15, 0.2) is 0 Å². The van der Waals surface area contributed by atoms with Crippen molar-refractivity contribution in [2.75, 3.05) is 7.05 Å². The summed E-state index contributed by atoms with van der Waals surface area (Å²) in [4.78, 5) is 15.1. The van der Waals surface area contributed by atoms with E-state index < -0.39 is 0 Å². The average molecular weight is 263 g/mol. The quantitative estimate of drug-likeness (QED) is 0.827. The van der Waals surface area contributed by atoms with Crippen molar-refractivity contribution in [2.24, 2.45) is 0 Å². The van der Waals surface area contributed by atoms with Crippen molar-refractivity contribution < 1.29 is 9.21 Å². The zero-order chi connectivity index (χ0) is 13.0. The zero-order valence-electron chi connectivity index (χ0n) is 10.6. The number of rotatable bonds is 5. The molecule has 2 aromatic rings. The van der Waals surface area contributed by atoms with Gasteiger partial charge in [0.2, 0.25) is 5.91 Å². The van der Waals surface area contributed by atoms with Crippen LogP contribution >= 0.6 is 11.3 Å². The number of hydrogen-bond donors (Lipinski definition) is 0. The molecule has 0 aliphatic rings. The van der Waals surface area contributed by atoms with Crippen LogP contribution < -0.4 is 0 Å². The van der Waals surface area contributed by atoms with Crippen molar-refractivity contribution in [1.29, 1.82) is 0 Å². The van der Waals surface area contributed by atoms with Crippen molar-refractivity contribution >= 4 is 17.2 Å². The number of nitrogens with zero attached hydrogens (tertiary/aromatic N) is 1. The number of thiophene rings is 1. The lowest BCUT2D eigenvalue weighted by Crippen LogP contribution is -2.29. The molecule has 0 spiro atoms. The molecular formula is C14H17NO2S. The number of carbonyl (C=O) groups is 1. The third-order valence-corrected chi connectivity index (χ3v) is 4.14. The molecule has 1 atom stereocenters. The highest BCUT2D eigenvalue weighted by Crippen LogP contribution is 2.24. The van der Waals surface area contributed by atoms with Gasteiger partial charge in [-0.2, -0.15) is 0 Å². The Balaban J connectivity index is 1.88. The highest BCUT2D eigenvalue weighted by Gasteiger charge is 2.18. The highest BCUT2D eigenvalue weighted by atomic mass is 32.1. The molecule has 0 aliphatic carbocycles. The Morgan fingerprint density at radius 3 is 2.89 bits per heavy atom. The maximum absolute atomic E-state index is 12.1. The largest absolute Gasteiger partial charge is 0.469 e. The van der Waals surface area contributed by atoms with Gasteiger partial charge < -0.3 is 9.32 Å². The van der Waals surface area contributed by atoms with Crippen LogP contribution in [0.5, 0.6) is 0 Å². The van der Waals surface area contributed by atoms with Crippen LogP contribution in [0.2, 0.25) is 0 Å². The van der Waals surface area contributed by atoms with Crippen LogP contribution in [0, 0.1) is 0 Å². The first kappa shape index (κ1) is 12.9. The highest BCUT2D eigenvalue weighted by molar-refractivity contribution is 7.10. The standard InChI is InChI=1S/C14H17NO2S/c1-11(13-6-4-10-18-13)15(2)14(16)8-7-12-5-3-9-17-12/h3-6,9-11H,7-8H2,1-2H3. The molecule has 0 radical (unpaired) electrons. The minimum atomic E-state index is 0.133. The molecule has 1 amide bonds. The van der Waals surface area contributed by atoms with Gasteiger partial charge in [0.1, 0.15) is 5.76 Å². The minimum Gasteiger partial charge on any atom is -0.469 e. The topological polar surface area (TPSA) is 33.5 Å². The van der Waals surface area contributed by atoms with E-state index >= 15 is 0 Å². The fourth-order valence-corrected chi connectivity index (χ4v) is 2.62. The molecule has 2 heterocycles. The zero-order valence-corrected chi connectivity index (χ0v) is 11.4. The maximum Gasteiger partial charge on any atom is 0.223 e. The normalized spacial score (nSPS) is 12.3. The molecule has 0 fully saturated rings. The van der Waals surface area contributed by atoms with E-state index in [4.69, 9.17) is 4.42 Å². The third kappa shape index (κ3) is 3.01. The summed E-state index contributed by atoms with van der Waals surface area (Å²) in [5.41, 5.74) is 0. The maximum atomic E-state index is 12.1. The first-order valence-electron chi connectivity index (χ1n) is 6.00. The van der Waals surface area contributed by atoms with Crippen LogP contribution in [0.25, 0.3) is 0 Å². The van der Waals surface area contributed by atoms with E-state index in [1.165, 1.54) is 4.88 Å². The molecule has 2 aromatic heterocycles. The summed E-state index contributed by atoms with van der Waals surface area (Å²) >= 11 is 1.68. The molecule has 0 aliphatic heterocycles. The van der Waals surface area contributed by atoms with Crippen LogP contribution in [0.3, 0.4) is 0 Å². The summed E-state index contributed by atoms with van der Waals surface area (Å²) in [6, 6.07) is 7.95. The first-order valence-corrected chi connectivity index (χ1v) is 6.88. The van der Waals surface area contributed by atoms with E-state index in [0.717, 1.165) is 5.76 Å². The smallest absolute Gasteiger partial charge is 0.223 e. The molecule has 4 heteroatoms. The second-order valence-corrected chi connectivity index (χ2v) is 5.25. The lowest BCUT2D eigenvalue weighted by Gasteiger charge is -2.24. The van der Waals surface area contributed by atoms with Crippen molar-refractivity contribution in [2.45, 2.75) is 25.8 Å². The average Bonchev–Trinajstić information content (AvgIpc) is 3.06. The molecular weight excluding hydrogens is 246 g/mol. The van der Waals surface area contributed by atoms with E-state index in [0.29, 0.717) is 12.8 Å². The molecule has 1 unspecified atom stereocenters. The minimum absolute atomic E-state index is 0.133. The van der Waals surface area contributed by atoms with Crippen molar-refractivity contribution in [3.8, 4) is 0 Å². The number of aryl methyl sites for hydroxylation is 1. The summed E-state index contributed by atoms with van der Waals surface area (Å²) < 4.78 is 5.23. The molecule has 0 aromatic carbocycles. The number of carbonyl (C=O) groups excluding carboxylic acids is 1. The van der Waals surface area contributed by atoms with E-state index in [2.05, 4.69) is 13.0 Å². The van der Waals surface area contributed by atoms with Gasteiger partial charge in [-0.05, 0) is 30.5 Å². The fraction of sp³-hybridized carbons (Fsp3) is 0.357. The molecule has 3 nitrogen and oxygen atoms in total. The summed E-state index contributed by atoms with van der Waals surface area (Å²) in [7, 11) is 1.86. The fourth-order valence-electron chi connectivity index (χ4n) is 1.80. The van der Waals surface area contributed by atoms with E-state index in [-0.39, 0.29) is 11.9 Å². The molecule has 0 saturated carbocycles. The summed E-state index contributed by atoms with van der Waals surface area (Å²) in [5, 5.41) is 2.03. The van der Waals surface area contributed by atoms with Gasteiger partial charge in [-0.15, -0.1) is 11.3 Å². The number of amides is 1. The van der Waals surface area contributed by atoms with Gasteiger partial charge in [-0.1, -0.05) is 6.07 Å². The first-order chi connectivity index (χ1) is 8.68. The summed E-state index contributed by atoms with van der Waals surface area (Å²) in [6.07, 6.45) is 2.78. The Morgan fingerprint density at radius 2 is 2.28 bits per heavy atom. The van der Waals surface area contributed by atoms with Crippen LogP contribution in [0.1, 0.15) is 30.0 Å². The van der Waals surface area contributed by atoms with Gasteiger partial charge >= 0.3 is 0 Å². The van der Waals surface area contributed by atoms with Gasteiger partial charge in [0, 0.05) is 24.8 Å². The summed E-state index contributed by atoms with van der Waals surface area (Å²) in [6.45, 7) is 2.05. The van der Waals surface area contributed by atoms with E-state index in [1.807, 2.05) is 30.6 Å². The molecule has 96 valence electrons. The van der Waals surface area contributed by atoms with Crippen LogP contribution in [-0.4, -0.2) is 17.9 Å². The van der Waals surface area contributed by atoms with Gasteiger partial charge in [-0.25, -0.2) is 0 Å². The third-order valence-electron chi connectivity index (χ3n) is 3.09. The lowest BCUT2D eigenvalue weighted by atomic mass is 10.2. The van der Waals surface area contributed by atoms with E-state index in [9.17, 15) is 4.79 Å². The second-order valence-electron chi connectivity index (χ2n) is 4.28. The van der Waals surface area contributed by atoms with Gasteiger partial charge in [0.05, 0.1) is 12.3 Å². The molecule has 18 heavy (non-hydrogen) atoms. The van der Waals surface area contributed by atoms with Crippen molar-refractivity contribution in [1.82, 2.24) is 4.90 Å². The SMILES string of the molecule is CC(c1cccs1)N(C)C(=O)CCc1ccco1. The van der Waals surface area contributed by atoms with E-state index in [1.54, 1.807) is 22.5 Å².